The molecule has 0 bridgehead atoms. The van der Waals surface area contributed by atoms with Crippen molar-refractivity contribution in [2.45, 2.75) is 33.2 Å². The molecule has 0 fully saturated rings. The van der Waals surface area contributed by atoms with Crippen LogP contribution in [0, 0.1) is 21.4 Å². The van der Waals surface area contributed by atoms with Crippen molar-refractivity contribution in [1.82, 2.24) is 4.57 Å². The van der Waals surface area contributed by atoms with Gasteiger partial charge in [-0.3, -0.25) is 14.9 Å². The summed E-state index contributed by atoms with van der Waals surface area (Å²) in [6.45, 7) is 5.44. The van der Waals surface area contributed by atoms with Gasteiger partial charge >= 0.3 is 0 Å². The van der Waals surface area contributed by atoms with Crippen molar-refractivity contribution in [2.75, 3.05) is 0 Å². The molecule has 6 heteroatoms. The first-order chi connectivity index (χ1) is 7.93. The van der Waals surface area contributed by atoms with E-state index >= 15 is 0 Å². The second kappa shape index (κ2) is 4.78. The van der Waals surface area contributed by atoms with Crippen LogP contribution in [-0.4, -0.2) is 9.49 Å². The molecular weight excluding hydrogens is 222 g/mol. The standard InChI is InChI=1S/C11H13N3O3/c1-4-13-6-9(14(16)17)10(7(2)3)8(5-12)11(13)15/h6-7H,4H2,1-3H3. The molecule has 1 rings (SSSR count). The zero-order valence-corrected chi connectivity index (χ0v) is 9.93. The molecule has 0 N–H and O–H groups in total. The normalized spacial score (nSPS) is 10.3. The fraction of sp³-hybridized carbons (Fsp3) is 0.455. The highest BCUT2D eigenvalue weighted by molar-refractivity contribution is 5.50. The molecule has 0 saturated carbocycles. The lowest BCUT2D eigenvalue weighted by molar-refractivity contribution is -0.386. The average molecular weight is 235 g/mol. The van der Waals surface area contributed by atoms with Gasteiger partial charge in [-0.15, -0.1) is 0 Å². The fourth-order valence-corrected chi connectivity index (χ4v) is 1.74. The molecular formula is C11H13N3O3. The summed E-state index contributed by atoms with van der Waals surface area (Å²) < 4.78 is 1.18. The summed E-state index contributed by atoms with van der Waals surface area (Å²) in [7, 11) is 0. The Morgan fingerprint density at radius 2 is 2.18 bits per heavy atom. The van der Waals surface area contributed by atoms with Gasteiger partial charge < -0.3 is 4.57 Å². The highest BCUT2D eigenvalue weighted by Crippen LogP contribution is 2.27. The van der Waals surface area contributed by atoms with E-state index in [0.29, 0.717) is 6.54 Å². The second-order valence-electron chi connectivity index (χ2n) is 3.92. The minimum absolute atomic E-state index is 0.129. The van der Waals surface area contributed by atoms with E-state index < -0.39 is 10.5 Å². The first-order valence-electron chi connectivity index (χ1n) is 5.25. The number of nitrogens with zero attached hydrogens (tertiary/aromatic N) is 3. The van der Waals surface area contributed by atoms with Gasteiger partial charge in [0.15, 0.2) is 0 Å². The summed E-state index contributed by atoms with van der Waals surface area (Å²) >= 11 is 0. The van der Waals surface area contributed by atoms with E-state index in [2.05, 4.69) is 0 Å². The quantitative estimate of drug-likeness (QED) is 0.589. The molecule has 0 aliphatic carbocycles. The number of nitro groups is 1. The Kier molecular flexibility index (Phi) is 3.63. The van der Waals surface area contributed by atoms with Gasteiger partial charge in [0.2, 0.25) is 0 Å². The van der Waals surface area contributed by atoms with E-state index in [-0.39, 0.29) is 22.7 Å². The third kappa shape index (κ3) is 2.18. The molecule has 0 atom stereocenters. The molecule has 0 unspecified atom stereocenters. The maximum atomic E-state index is 11.8. The van der Waals surface area contributed by atoms with Crippen LogP contribution in [0.2, 0.25) is 0 Å². The minimum atomic E-state index is -0.554. The molecule has 0 aromatic carbocycles. The monoisotopic (exact) mass is 235 g/mol. The van der Waals surface area contributed by atoms with Crippen molar-refractivity contribution in [2.24, 2.45) is 0 Å². The number of nitriles is 1. The number of aromatic nitrogens is 1. The molecule has 0 spiro atoms. The zero-order valence-electron chi connectivity index (χ0n) is 9.93. The van der Waals surface area contributed by atoms with Gasteiger partial charge in [0.25, 0.3) is 11.2 Å². The van der Waals surface area contributed by atoms with Crippen LogP contribution in [-0.2, 0) is 6.54 Å². The molecule has 17 heavy (non-hydrogen) atoms. The summed E-state index contributed by atoms with van der Waals surface area (Å²) in [5.74, 6) is -0.246. The summed E-state index contributed by atoms with van der Waals surface area (Å²) in [6.07, 6.45) is 1.21. The van der Waals surface area contributed by atoms with Crippen molar-refractivity contribution in [1.29, 1.82) is 5.26 Å². The van der Waals surface area contributed by atoms with E-state index in [9.17, 15) is 14.9 Å². The first kappa shape index (κ1) is 12.9. The summed E-state index contributed by atoms with van der Waals surface area (Å²) in [6, 6.07) is 1.78. The maximum Gasteiger partial charge on any atom is 0.290 e. The highest BCUT2D eigenvalue weighted by atomic mass is 16.6. The SMILES string of the molecule is CCn1cc([N+](=O)[O-])c(C(C)C)c(C#N)c1=O. The van der Waals surface area contributed by atoms with E-state index in [1.54, 1.807) is 26.8 Å². The van der Waals surface area contributed by atoms with Crippen molar-refractivity contribution in [3.05, 3.63) is 37.8 Å². The average Bonchev–Trinajstić information content (AvgIpc) is 2.27. The largest absolute Gasteiger partial charge is 0.308 e. The molecule has 1 aromatic rings. The maximum absolute atomic E-state index is 11.8. The molecule has 0 aliphatic rings. The van der Waals surface area contributed by atoms with Crippen molar-refractivity contribution >= 4 is 5.69 Å². The second-order valence-corrected chi connectivity index (χ2v) is 3.92. The van der Waals surface area contributed by atoms with E-state index in [4.69, 9.17) is 5.26 Å². The number of aryl methyl sites for hydroxylation is 1. The number of rotatable bonds is 3. The Hall–Kier alpha value is -2.16. The molecule has 6 nitrogen and oxygen atoms in total. The fourth-order valence-electron chi connectivity index (χ4n) is 1.74. The van der Waals surface area contributed by atoms with Crippen molar-refractivity contribution < 1.29 is 4.92 Å². The van der Waals surface area contributed by atoms with E-state index in [0.717, 1.165) is 0 Å². The first-order valence-corrected chi connectivity index (χ1v) is 5.25. The van der Waals surface area contributed by atoms with Crippen molar-refractivity contribution in [3.8, 4) is 6.07 Å². The van der Waals surface area contributed by atoms with Gasteiger partial charge in [-0.2, -0.15) is 5.26 Å². The molecule has 0 amide bonds. The Morgan fingerprint density at radius 3 is 2.53 bits per heavy atom. The highest BCUT2D eigenvalue weighted by Gasteiger charge is 2.24. The zero-order chi connectivity index (χ0) is 13.2. The molecule has 0 radical (unpaired) electrons. The Labute approximate surface area is 98.3 Å². The Balaban J connectivity index is 3.79. The van der Waals surface area contributed by atoms with Crippen LogP contribution in [0.4, 0.5) is 5.69 Å². The van der Waals surface area contributed by atoms with Crippen LogP contribution in [0.15, 0.2) is 11.0 Å². The number of hydrogen-bond acceptors (Lipinski definition) is 4. The molecule has 1 aromatic heterocycles. The molecule has 90 valence electrons. The van der Waals surface area contributed by atoms with E-state index in [1.165, 1.54) is 10.8 Å². The Morgan fingerprint density at radius 1 is 1.59 bits per heavy atom. The lowest BCUT2D eigenvalue weighted by Crippen LogP contribution is -2.24. The predicted molar refractivity (Wildman–Crippen MR) is 61.8 cm³/mol. The lowest BCUT2D eigenvalue weighted by Gasteiger charge is -2.10. The summed E-state index contributed by atoms with van der Waals surface area (Å²) in [5.41, 5.74) is -0.550. The lowest BCUT2D eigenvalue weighted by atomic mass is 9.97. The van der Waals surface area contributed by atoms with Crippen molar-refractivity contribution in [3.63, 3.8) is 0 Å². The number of hydrogen-bond donors (Lipinski definition) is 0. The Bertz CT molecular complexity index is 552. The molecule has 0 aliphatic heterocycles. The van der Waals surface area contributed by atoms with Gasteiger partial charge in [0.1, 0.15) is 11.6 Å². The minimum Gasteiger partial charge on any atom is -0.308 e. The van der Waals surface area contributed by atoms with Crippen LogP contribution < -0.4 is 5.56 Å². The van der Waals surface area contributed by atoms with Crippen LogP contribution >= 0.6 is 0 Å². The topological polar surface area (TPSA) is 88.9 Å². The number of pyridine rings is 1. The van der Waals surface area contributed by atoms with Gasteiger partial charge in [-0.05, 0) is 12.8 Å². The van der Waals surface area contributed by atoms with Crippen LogP contribution in [0.3, 0.4) is 0 Å². The van der Waals surface area contributed by atoms with Crippen LogP contribution in [0.5, 0.6) is 0 Å². The molecule has 1 heterocycles. The van der Waals surface area contributed by atoms with Gasteiger partial charge in [-0.25, -0.2) is 0 Å². The van der Waals surface area contributed by atoms with Crippen LogP contribution in [0.1, 0.15) is 37.8 Å². The molecule has 0 saturated heterocycles. The third-order valence-corrected chi connectivity index (χ3v) is 2.52. The smallest absolute Gasteiger partial charge is 0.290 e. The van der Waals surface area contributed by atoms with E-state index in [1.807, 2.05) is 0 Å². The third-order valence-electron chi connectivity index (χ3n) is 2.52. The van der Waals surface area contributed by atoms with Gasteiger partial charge in [0.05, 0.1) is 16.7 Å². The summed E-state index contributed by atoms with van der Waals surface area (Å²) in [5, 5.41) is 19.9. The summed E-state index contributed by atoms with van der Waals surface area (Å²) in [4.78, 5) is 22.2. The van der Waals surface area contributed by atoms with Gasteiger partial charge in [0, 0.05) is 6.54 Å². The van der Waals surface area contributed by atoms with Gasteiger partial charge in [-0.1, -0.05) is 13.8 Å². The predicted octanol–water partition coefficient (Wildman–Crippen LogP) is 1.77. The van der Waals surface area contributed by atoms with Crippen LogP contribution in [0.25, 0.3) is 0 Å².